The first-order valence-corrected chi connectivity index (χ1v) is 12.5. The van der Waals surface area contributed by atoms with Gasteiger partial charge in [-0.25, -0.2) is 0 Å². The maximum atomic E-state index is 12.8. The average molecular weight is 409 g/mol. The van der Waals surface area contributed by atoms with Crippen molar-refractivity contribution in [3.05, 3.63) is 0 Å². The Labute approximate surface area is 178 Å². The first kappa shape index (κ1) is 23.1. The Bertz CT molecular complexity index is 481. The molecule has 4 nitrogen and oxygen atoms in total. The molecule has 29 heavy (non-hydrogen) atoms. The Hall–Kier alpha value is -0.610. The summed E-state index contributed by atoms with van der Waals surface area (Å²) in [6.07, 6.45) is 16.0. The maximum Gasteiger partial charge on any atom is 0.316 e. The van der Waals surface area contributed by atoms with Gasteiger partial charge in [0.05, 0.1) is 13.2 Å². The molecule has 0 aromatic heterocycles. The maximum absolute atomic E-state index is 12.8. The molecule has 3 rings (SSSR count). The molecule has 0 bridgehead atoms. The summed E-state index contributed by atoms with van der Waals surface area (Å²) in [6.45, 7) is 7.32. The monoisotopic (exact) mass is 408 g/mol. The van der Waals surface area contributed by atoms with Crippen molar-refractivity contribution in [2.45, 2.75) is 117 Å². The van der Waals surface area contributed by atoms with Crippen molar-refractivity contribution in [1.82, 2.24) is 0 Å². The predicted octanol–water partition coefficient (Wildman–Crippen LogP) is 6.26. The summed E-state index contributed by atoms with van der Waals surface area (Å²) in [5.41, 5.74) is -0.657. The molecule has 0 amide bonds. The van der Waals surface area contributed by atoms with E-state index in [1.807, 2.05) is 6.92 Å². The fourth-order valence-electron chi connectivity index (χ4n) is 5.40. The van der Waals surface area contributed by atoms with Gasteiger partial charge in [0.25, 0.3) is 0 Å². The van der Waals surface area contributed by atoms with Crippen molar-refractivity contribution in [2.24, 2.45) is 23.2 Å². The van der Waals surface area contributed by atoms with Crippen LogP contribution in [0.25, 0.3) is 0 Å². The Morgan fingerprint density at radius 2 is 1.52 bits per heavy atom. The predicted molar refractivity (Wildman–Crippen MR) is 116 cm³/mol. The second-order valence-electron chi connectivity index (χ2n) is 10.3. The summed E-state index contributed by atoms with van der Waals surface area (Å²) >= 11 is 0. The molecule has 2 saturated carbocycles. The van der Waals surface area contributed by atoms with Crippen LogP contribution in [-0.4, -0.2) is 31.6 Å². The average Bonchev–Trinajstić information content (AvgIpc) is 2.75. The molecule has 0 spiro atoms. The van der Waals surface area contributed by atoms with Crippen molar-refractivity contribution in [1.29, 1.82) is 0 Å². The fraction of sp³-hybridized carbons (Fsp3) is 0.960. The Morgan fingerprint density at radius 1 is 0.897 bits per heavy atom. The third-order valence-electron chi connectivity index (χ3n) is 7.76. The molecule has 2 aliphatic carbocycles. The fourth-order valence-corrected chi connectivity index (χ4v) is 5.40. The van der Waals surface area contributed by atoms with E-state index in [-0.39, 0.29) is 18.4 Å². The highest BCUT2D eigenvalue weighted by atomic mass is 16.7. The summed E-state index contributed by atoms with van der Waals surface area (Å²) in [7, 11) is 0. The zero-order valence-electron chi connectivity index (χ0n) is 19.1. The second-order valence-corrected chi connectivity index (χ2v) is 10.3. The number of hydrogen-bond acceptors (Lipinski definition) is 4. The highest BCUT2D eigenvalue weighted by Gasteiger charge is 2.44. The number of esters is 1. The summed E-state index contributed by atoms with van der Waals surface area (Å²) in [4.78, 5) is 12.8. The molecule has 4 heteroatoms. The van der Waals surface area contributed by atoms with Crippen LogP contribution in [0.4, 0.5) is 0 Å². The smallest absolute Gasteiger partial charge is 0.316 e. The van der Waals surface area contributed by atoms with Crippen molar-refractivity contribution in [2.75, 3.05) is 13.2 Å². The van der Waals surface area contributed by atoms with Crippen LogP contribution in [0.2, 0.25) is 0 Å². The van der Waals surface area contributed by atoms with Gasteiger partial charge >= 0.3 is 5.97 Å². The van der Waals surface area contributed by atoms with Gasteiger partial charge in [-0.1, -0.05) is 46.0 Å². The largest absolute Gasteiger partial charge is 0.462 e. The molecule has 3 aliphatic rings. The van der Waals surface area contributed by atoms with Crippen molar-refractivity contribution in [3.63, 3.8) is 0 Å². The van der Waals surface area contributed by atoms with E-state index in [0.29, 0.717) is 19.1 Å². The van der Waals surface area contributed by atoms with E-state index in [1.54, 1.807) is 0 Å². The Morgan fingerprint density at radius 3 is 2.10 bits per heavy atom. The molecular weight excluding hydrogens is 364 g/mol. The van der Waals surface area contributed by atoms with Crippen LogP contribution < -0.4 is 0 Å². The SMILES string of the molecule is CCCCCC1CCC([C@H]2OC[C@@](C)(C(=O)O[C@H]3CC[C@H](CC)CC3)CO2)CC1. The molecular formula is C25H44O4. The van der Waals surface area contributed by atoms with Gasteiger partial charge in [-0.3, -0.25) is 4.79 Å². The number of hydrogen-bond donors (Lipinski definition) is 0. The molecule has 0 unspecified atom stereocenters. The lowest BCUT2D eigenvalue weighted by Gasteiger charge is -2.41. The van der Waals surface area contributed by atoms with Gasteiger partial charge in [-0.15, -0.1) is 0 Å². The van der Waals surface area contributed by atoms with E-state index in [0.717, 1.165) is 24.7 Å². The van der Waals surface area contributed by atoms with Crippen LogP contribution in [-0.2, 0) is 19.0 Å². The van der Waals surface area contributed by atoms with Gasteiger partial charge in [0.1, 0.15) is 11.5 Å². The molecule has 0 atom stereocenters. The van der Waals surface area contributed by atoms with Crippen LogP contribution in [0.1, 0.15) is 104 Å². The van der Waals surface area contributed by atoms with Crippen LogP contribution in [0.15, 0.2) is 0 Å². The molecule has 1 aliphatic heterocycles. The number of ether oxygens (including phenoxy) is 3. The topological polar surface area (TPSA) is 44.8 Å². The molecule has 1 heterocycles. The third-order valence-corrected chi connectivity index (χ3v) is 7.76. The summed E-state index contributed by atoms with van der Waals surface area (Å²) in [5, 5.41) is 0. The molecule has 0 aromatic rings. The summed E-state index contributed by atoms with van der Waals surface area (Å²) in [6, 6.07) is 0. The van der Waals surface area contributed by atoms with Crippen LogP contribution >= 0.6 is 0 Å². The van der Waals surface area contributed by atoms with Gasteiger partial charge in [0, 0.05) is 5.92 Å². The minimum atomic E-state index is -0.657. The Balaban J connectivity index is 1.37. The van der Waals surface area contributed by atoms with Crippen molar-refractivity contribution in [3.8, 4) is 0 Å². The standard InChI is InChI=1S/C25H44O4/c1-4-6-7-8-20-9-13-21(14-10-20)23-27-17-25(3,18-28-23)24(26)29-22-15-11-19(5-2)12-16-22/h19-23H,4-18H2,1-3H3/t19-,20?,21?,22-,23-,25+. The van der Waals surface area contributed by atoms with Crippen molar-refractivity contribution < 1.29 is 19.0 Å². The number of carbonyl (C=O) groups is 1. The van der Waals surface area contributed by atoms with E-state index in [2.05, 4.69) is 13.8 Å². The van der Waals surface area contributed by atoms with E-state index >= 15 is 0 Å². The lowest BCUT2D eigenvalue weighted by atomic mass is 9.79. The van der Waals surface area contributed by atoms with Gasteiger partial charge in [0.15, 0.2) is 6.29 Å². The molecule has 3 fully saturated rings. The minimum Gasteiger partial charge on any atom is -0.462 e. The molecule has 168 valence electrons. The third kappa shape index (κ3) is 6.43. The van der Waals surface area contributed by atoms with E-state index in [9.17, 15) is 4.79 Å². The van der Waals surface area contributed by atoms with E-state index in [1.165, 1.54) is 70.6 Å². The van der Waals surface area contributed by atoms with Gasteiger partial charge in [-0.05, 0) is 70.1 Å². The highest BCUT2D eigenvalue weighted by Crippen LogP contribution is 2.38. The summed E-state index contributed by atoms with van der Waals surface area (Å²) in [5.74, 6) is 2.06. The molecule has 0 N–H and O–H groups in total. The second kappa shape index (κ2) is 11.1. The Kier molecular flexibility index (Phi) is 8.85. The van der Waals surface area contributed by atoms with Gasteiger partial charge in [0.2, 0.25) is 0 Å². The van der Waals surface area contributed by atoms with Crippen LogP contribution in [0, 0.1) is 23.2 Å². The number of carbonyl (C=O) groups excluding carboxylic acids is 1. The quantitative estimate of drug-likeness (QED) is 0.351. The molecule has 0 aromatic carbocycles. The van der Waals surface area contributed by atoms with Gasteiger partial charge in [-0.2, -0.15) is 0 Å². The first-order valence-electron chi connectivity index (χ1n) is 12.5. The summed E-state index contributed by atoms with van der Waals surface area (Å²) < 4.78 is 18.0. The number of unbranched alkanes of at least 4 members (excludes halogenated alkanes) is 2. The zero-order valence-corrected chi connectivity index (χ0v) is 19.1. The van der Waals surface area contributed by atoms with Crippen LogP contribution in [0.3, 0.4) is 0 Å². The molecule has 1 saturated heterocycles. The lowest BCUT2D eigenvalue weighted by Crippen LogP contribution is -2.49. The first-order chi connectivity index (χ1) is 14.0. The highest BCUT2D eigenvalue weighted by molar-refractivity contribution is 5.77. The van der Waals surface area contributed by atoms with Crippen LogP contribution in [0.5, 0.6) is 0 Å². The lowest BCUT2D eigenvalue weighted by molar-refractivity contribution is -0.254. The van der Waals surface area contributed by atoms with Crippen molar-refractivity contribution >= 4 is 5.97 Å². The van der Waals surface area contributed by atoms with E-state index < -0.39 is 5.41 Å². The van der Waals surface area contributed by atoms with E-state index in [4.69, 9.17) is 14.2 Å². The minimum absolute atomic E-state index is 0.0860. The zero-order chi connectivity index (χ0) is 20.7. The molecule has 0 radical (unpaired) electrons. The van der Waals surface area contributed by atoms with Gasteiger partial charge < -0.3 is 14.2 Å². The number of rotatable bonds is 8. The normalized spacial score (nSPS) is 38.5.